The van der Waals surface area contributed by atoms with Gasteiger partial charge in [-0.2, -0.15) is 0 Å². The number of hydrogen-bond donors (Lipinski definition) is 0. The number of ether oxygens (including phenoxy) is 2. The number of hydrogen-bond acceptors (Lipinski definition) is 4. The van der Waals surface area contributed by atoms with Crippen LogP contribution in [-0.2, 0) is 24.5 Å². The predicted molar refractivity (Wildman–Crippen MR) is 99.9 cm³/mol. The van der Waals surface area contributed by atoms with E-state index in [0.29, 0.717) is 25.7 Å². The zero-order valence-corrected chi connectivity index (χ0v) is 15.5. The van der Waals surface area contributed by atoms with Crippen LogP contribution in [0.4, 0.5) is 0 Å². The van der Waals surface area contributed by atoms with Gasteiger partial charge in [0.1, 0.15) is 0 Å². The first-order chi connectivity index (χ1) is 12.5. The molecule has 0 atom stereocenters. The Morgan fingerprint density at radius 2 is 1.42 bits per heavy atom. The number of aryl methyl sites for hydroxylation is 1. The van der Waals surface area contributed by atoms with E-state index in [0.717, 1.165) is 5.56 Å². The van der Waals surface area contributed by atoms with E-state index in [4.69, 9.17) is 9.47 Å². The van der Waals surface area contributed by atoms with E-state index in [1.165, 1.54) is 36.5 Å². The summed E-state index contributed by atoms with van der Waals surface area (Å²) in [6.45, 7) is 2.06. The average Bonchev–Trinajstić information content (AvgIpc) is 2.94. The van der Waals surface area contributed by atoms with Crippen LogP contribution in [0.15, 0.2) is 42.5 Å². The molecule has 136 valence electrons. The summed E-state index contributed by atoms with van der Waals surface area (Å²) in [7, 11) is 2.81. The summed E-state index contributed by atoms with van der Waals surface area (Å²) in [6.07, 6.45) is 1.81. The molecule has 0 amide bonds. The lowest BCUT2D eigenvalue weighted by Crippen LogP contribution is -2.28. The molecule has 0 spiro atoms. The monoisotopic (exact) mass is 352 g/mol. The Balaban J connectivity index is 2.13. The van der Waals surface area contributed by atoms with Crippen LogP contribution in [0.5, 0.6) is 0 Å². The van der Waals surface area contributed by atoms with Gasteiger partial charge in [-0.1, -0.05) is 48.0 Å². The summed E-state index contributed by atoms with van der Waals surface area (Å²) in [6, 6.07) is 14.7. The van der Waals surface area contributed by atoms with Crippen molar-refractivity contribution in [2.75, 3.05) is 14.2 Å². The van der Waals surface area contributed by atoms with Crippen molar-refractivity contribution >= 4 is 11.9 Å². The van der Waals surface area contributed by atoms with Crippen LogP contribution in [0.1, 0.15) is 42.4 Å². The van der Waals surface area contributed by atoms with Crippen LogP contribution in [0, 0.1) is 6.92 Å². The Morgan fingerprint density at radius 1 is 0.846 bits per heavy atom. The molecule has 26 heavy (non-hydrogen) atoms. The highest BCUT2D eigenvalue weighted by molar-refractivity contribution is 5.82. The Bertz CT molecular complexity index is 818. The van der Waals surface area contributed by atoms with Crippen molar-refractivity contribution in [3.63, 3.8) is 0 Å². The summed E-state index contributed by atoms with van der Waals surface area (Å²) in [4.78, 5) is 23.8. The third kappa shape index (κ3) is 3.12. The lowest BCUT2D eigenvalue weighted by Gasteiger charge is -2.32. The van der Waals surface area contributed by atoms with E-state index < -0.39 is 0 Å². The maximum atomic E-state index is 11.9. The number of benzene rings is 2. The van der Waals surface area contributed by atoms with Gasteiger partial charge in [-0.05, 0) is 42.0 Å². The molecule has 0 aliphatic heterocycles. The minimum Gasteiger partial charge on any atom is -0.469 e. The molecule has 0 aromatic heterocycles. The topological polar surface area (TPSA) is 52.6 Å². The van der Waals surface area contributed by atoms with E-state index in [9.17, 15) is 9.59 Å². The van der Waals surface area contributed by atoms with Crippen molar-refractivity contribution < 1.29 is 19.1 Å². The average molecular weight is 352 g/mol. The Kier molecular flexibility index (Phi) is 5.12. The standard InChI is InChI=1S/C22H24O4/c1-15-8-9-17-16-6-4-5-7-18(16)22(19(17)14-15,12-10-20(23)25-2)13-11-21(24)26-3/h4-9,14H,10-13H2,1-3H3. The van der Waals surface area contributed by atoms with Crippen LogP contribution in [0.25, 0.3) is 11.1 Å². The van der Waals surface area contributed by atoms with Gasteiger partial charge in [-0.3, -0.25) is 9.59 Å². The minimum atomic E-state index is -0.389. The zero-order valence-electron chi connectivity index (χ0n) is 15.5. The van der Waals surface area contributed by atoms with E-state index in [-0.39, 0.29) is 17.4 Å². The van der Waals surface area contributed by atoms with Crippen LogP contribution in [-0.4, -0.2) is 26.2 Å². The van der Waals surface area contributed by atoms with Gasteiger partial charge >= 0.3 is 11.9 Å². The molecule has 1 aliphatic carbocycles. The number of fused-ring (bicyclic) bond motifs is 3. The largest absolute Gasteiger partial charge is 0.469 e. The predicted octanol–water partition coefficient (Wildman–Crippen LogP) is 4.17. The fourth-order valence-electron chi connectivity index (χ4n) is 4.07. The summed E-state index contributed by atoms with van der Waals surface area (Å²) >= 11 is 0. The van der Waals surface area contributed by atoms with Gasteiger partial charge in [0.05, 0.1) is 14.2 Å². The molecule has 0 bridgehead atoms. The lowest BCUT2D eigenvalue weighted by molar-refractivity contribution is -0.141. The molecule has 0 heterocycles. The number of carbonyl (C=O) groups excluding carboxylic acids is 2. The van der Waals surface area contributed by atoms with Crippen LogP contribution < -0.4 is 0 Å². The summed E-state index contributed by atoms with van der Waals surface area (Å²) in [5, 5.41) is 0. The molecular formula is C22H24O4. The second-order valence-electron chi connectivity index (χ2n) is 6.83. The molecule has 4 nitrogen and oxygen atoms in total. The van der Waals surface area contributed by atoms with Crippen molar-refractivity contribution in [2.24, 2.45) is 0 Å². The smallest absolute Gasteiger partial charge is 0.305 e. The summed E-state index contributed by atoms with van der Waals surface area (Å²) in [5.41, 5.74) is 5.50. The van der Waals surface area contributed by atoms with E-state index >= 15 is 0 Å². The van der Waals surface area contributed by atoms with E-state index in [1.54, 1.807) is 0 Å². The van der Waals surface area contributed by atoms with Gasteiger partial charge in [0.25, 0.3) is 0 Å². The Hall–Kier alpha value is -2.62. The van der Waals surface area contributed by atoms with Crippen molar-refractivity contribution in [3.8, 4) is 11.1 Å². The third-order valence-electron chi connectivity index (χ3n) is 5.39. The third-order valence-corrected chi connectivity index (χ3v) is 5.39. The molecule has 4 heteroatoms. The van der Waals surface area contributed by atoms with Gasteiger partial charge in [-0.15, -0.1) is 0 Å². The number of methoxy groups -OCH3 is 2. The fourth-order valence-corrected chi connectivity index (χ4v) is 4.07. The summed E-state index contributed by atoms with van der Waals surface area (Å²) < 4.78 is 9.74. The van der Waals surface area contributed by atoms with Crippen LogP contribution >= 0.6 is 0 Å². The molecule has 0 unspecified atom stereocenters. The van der Waals surface area contributed by atoms with Gasteiger partial charge < -0.3 is 9.47 Å². The van der Waals surface area contributed by atoms with E-state index in [2.05, 4.69) is 37.3 Å². The van der Waals surface area contributed by atoms with Crippen molar-refractivity contribution in [1.29, 1.82) is 0 Å². The van der Waals surface area contributed by atoms with Crippen LogP contribution in [0.2, 0.25) is 0 Å². The molecule has 3 rings (SSSR count). The highest BCUT2D eigenvalue weighted by Crippen LogP contribution is 2.53. The normalized spacial score (nSPS) is 13.7. The maximum Gasteiger partial charge on any atom is 0.305 e. The lowest BCUT2D eigenvalue weighted by atomic mass is 9.71. The zero-order chi connectivity index (χ0) is 18.7. The first-order valence-electron chi connectivity index (χ1n) is 8.86. The molecule has 0 saturated heterocycles. The second kappa shape index (κ2) is 7.32. The van der Waals surface area contributed by atoms with Gasteiger partial charge in [-0.25, -0.2) is 0 Å². The summed E-state index contributed by atoms with van der Waals surface area (Å²) in [5.74, 6) is -0.470. The molecule has 1 aliphatic rings. The Labute approximate surface area is 154 Å². The highest BCUT2D eigenvalue weighted by atomic mass is 16.5. The SMILES string of the molecule is COC(=O)CCC1(CCC(=O)OC)c2ccccc2-c2ccc(C)cc21. The molecule has 2 aromatic carbocycles. The molecule has 0 saturated carbocycles. The van der Waals surface area contributed by atoms with Gasteiger partial charge in [0, 0.05) is 18.3 Å². The molecule has 2 aromatic rings. The number of carbonyl (C=O) groups is 2. The van der Waals surface area contributed by atoms with Crippen molar-refractivity contribution in [3.05, 3.63) is 59.2 Å². The quantitative estimate of drug-likeness (QED) is 0.732. The fraction of sp³-hybridized carbons (Fsp3) is 0.364. The molecular weight excluding hydrogens is 328 g/mol. The number of rotatable bonds is 6. The Morgan fingerprint density at radius 3 is 2.04 bits per heavy atom. The van der Waals surface area contributed by atoms with Crippen molar-refractivity contribution in [1.82, 2.24) is 0 Å². The second-order valence-corrected chi connectivity index (χ2v) is 6.83. The first-order valence-corrected chi connectivity index (χ1v) is 8.86. The highest BCUT2D eigenvalue weighted by Gasteiger charge is 2.43. The van der Waals surface area contributed by atoms with Gasteiger partial charge in [0.15, 0.2) is 0 Å². The van der Waals surface area contributed by atoms with Gasteiger partial charge in [0.2, 0.25) is 0 Å². The van der Waals surface area contributed by atoms with E-state index in [1.807, 2.05) is 12.1 Å². The van der Waals surface area contributed by atoms with Crippen LogP contribution in [0.3, 0.4) is 0 Å². The molecule has 0 N–H and O–H groups in total. The van der Waals surface area contributed by atoms with Crippen molar-refractivity contribution in [2.45, 2.75) is 38.0 Å². The molecule has 0 fully saturated rings. The number of esters is 2. The maximum absolute atomic E-state index is 11.9. The molecule has 0 radical (unpaired) electrons. The first kappa shape index (κ1) is 18.2. The minimum absolute atomic E-state index is 0.235.